The van der Waals surface area contributed by atoms with Crippen LogP contribution in [0, 0.1) is 18.3 Å². The molecule has 3 aromatic heterocycles. The molecular formula is C24H22N8. The van der Waals surface area contributed by atoms with E-state index in [1.165, 1.54) is 0 Å². The van der Waals surface area contributed by atoms with Crippen molar-refractivity contribution in [3.8, 4) is 17.3 Å². The summed E-state index contributed by atoms with van der Waals surface area (Å²) >= 11 is 0. The SMILES string of the molecule is Cc1ccncc1-c1cc2cc(NN3C=CC=C4C3=CCN4C(C)C#N)ncc2c(N)n1. The van der Waals surface area contributed by atoms with Crippen molar-refractivity contribution in [3.63, 3.8) is 0 Å². The number of allylic oxidation sites excluding steroid dienone is 2. The molecule has 3 N–H and O–H groups in total. The summed E-state index contributed by atoms with van der Waals surface area (Å²) in [6.45, 7) is 4.62. The van der Waals surface area contributed by atoms with Gasteiger partial charge in [-0.05, 0) is 61.2 Å². The van der Waals surface area contributed by atoms with E-state index in [1.54, 1.807) is 18.6 Å². The molecule has 2 aliphatic heterocycles. The summed E-state index contributed by atoms with van der Waals surface area (Å²) in [5, 5.41) is 13.0. The van der Waals surface area contributed by atoms with Crippen LogP contribution >= 0.6 is 0 Å². The van der Waals surface area contributed by atoms with Crippen molar-refractivity contribution >= 4 is 22.4 Å². The Bertz CT molecular complexity index is 1350. The molecule has 0 radical (unpaired) electrons. The van der Waals surface area contributed by atoms with E-state index in [0.29, 0.717) is 18.2 Å². The lowest BCUT2D eigenvalue weighted by atomic mass is 10.1. The summed E-state index contributed by atoms with van der Waals surface area (Å²) in [4.78, 5) is 15.4. The van der Waals surface area contributed by atoms with Gasteiger partial charge in [-0.3, -0.25) is 15.4 Å². The molecule has 8 nitrogen and oxygen atoms in total. The minimum absolute atomic E-state index is 0.202. The molecular weight excluding hydrogens is 400 g/mol. The molecule has 0 saturated carbocycles. The Kier molecular flexibility index (Phi) is 4.71. The Morgan fingerprint density at radius 2 is 2.12 bits per heavy atom. The Balaban J connectivity index is 1.46. The Morgan fingerprint density at radius 3 is 2.94 bits per heavy atom. The maximum atomic E-state index is 9.31. The first-order valence-corrected chi connectivity index (χ1v) is 10.3. The lowest BCUT2D eigenvalue weighted by Gasteiger charge is -2.30. The number of rotatable bonds is 4. The normalized spacial score (nSPS) is 15.8. The van der Waals surface area contributed by atoms with E-state index in [9.17, 15) is 5.26 Å². The van der Waals surface area contributed by atoms with Crippen molar-refractivity contribution in [2.24, 2.45) is 0 Å². The van der Waals surface area contributed by atoms with E-state index in [0.717, 1.165) is 39.0 Å². The van der Waals surface area contributed by atoms with E-state index in [-0.39, 0.29) is 6.04 Å². The third-order valence-electron chi connectivity index (χ3n) is 5.75. The van der Waals surface area contributed by atoms with Crippen molar-refractivity contribution < 1.29 is 0 Å². The molecule has 0 spiro atoms. The van der Waals surface area contributed by atoms with Crippen molar-refractivity contribution in [2.45, 2.75) is 19.9 Å². The number of nitrogens with two attached hydrogens (primary N) is 1. The van der Waals surface area contributed by atoms with Crippen LogP contribution < -0.4 is 11.2 Å². The molecule has 0 aromatic carbocycles. The van der Waals surface area contributed by atoms with E-state index in [2.05, 4.69) is 37.4 Å². The van der Waals surface area contributed by atoms with Crippen LogP contribution in [0.2, 0.25) is 0 Å². The molecule has 0 fully saturated rings. The Hall–Kier alpha value is -4.38. The van der Waals surface area contributed by atoms with E-state index >= 15 is 0 Å². The van der Waals surface area contributed by atoms with Gasteiger partial charge in [0, 0.05) is 42.3 Å². The summed E-state index contributed by atoms with van der Waals surface area (Å²) < 4.78 is 0. The van der Waals surface area contributed by atoms with Crippen LogP contribution in [0.3, 0.4) is 0 Å². The van der Waals surface area contributed by atoms with E-state index in [4.69, 9.17) is 5.73 Å². The second kappa shape index (κ2) is 7.71. The number of anilines is 2. The van der Waals surface area contributed by atoms with Gasteiger partial charge in [-0.2, -0.15) is 5.26 Å². The summed E-state index contributed by atoms with van der Waals surface area (Å²) in [6.07, 6.45) is 13.3. The van der Waals surface area contributed by atoms with Gasteiger partial charge in [-0.1, -0.05) is 0 Å². The zero-order chi connectivity index (χ0) is 22.2. The van der Waals surface area contributed by atoms with Crippen LogP contribution in [0.1, 0.15) is 12.5 Å². The molecule has 0 aliphatic carbocycles. The predicted octanol–water partition coefficient (Wildman–Crippen LogP) is 3.73. The molecule has 3 aromatic rings. The monoisotopic (exact) mass is 422 g/mol. The van der Waals surface area contributed by atoms with E-state index in [1.807, 2.05) is 55.4 Å². The molecule has 32 heavy (non-hydrogen) atoms. The summed E-state index contributed by atoms with van der Waals surface area (Å²) in [5.41, 5.74) is 14.4. The number of hydrazine groups is 1. The fourth-order valence-electron chi connectivity index (χ4n) is 4.00. The van der Waals surface area contributed by atoms with Gasteiger partial charge in [-0.25, -0.2) is 9.97 Å². The zero-order valence-electron chi connectivity index (χ0n) is 17.8. The van der Waals surface area contributed by atoms with Crippen molar-refractivity contribution in [2.75, 3.05) is 17.7 Å². The first-order valence-electron chi connectivity index (χ1n) is 10.3. The van der Waals surface area contributed by atoms with Crippen molar-refractivity contribution in [3.05, 3.63) is 78.2 Å². The molecule has 5 rings (SSSR count). The van der Waals surface area contributed by atoms with Crippen LogP contribution in [0.5, 0.6) is 0 Å². The minimum Gasteiger partial charge on any atom is -0.383 e. The first-order chi connectivity index (χ1) is 15.5. The van der Waals surface area contributed by atoms with Crippen LogP contribution in [-0.4, -0.2) is 37.4 Å². The van der Waals surface area contributed by atoms with Crippen LogP contribution in [0.15, 0.2) is 72.6 Å². The second-order valence-corrected chi connectivity index (χ2v) is 7.80. The van der Waals surface area contributed by atoms with E-state index < -0.39 is 0 Å². The summed E-state index contributed by atoms with van der Waals surface area (Å²) in [5.74, 6) is 1.11. The quantitative estimate of drug-likeness (QED) is 0.655. The van der Waals surface area contributed by atoms with Gasteiger partial charge in [0.2, 0.25) is 0 Å². The highest BCUT2D eigenvalue weighted by molar-refractivity contribution is 5.94. The topological polar surface area (TPSA) is 107 Å². The number of hydrogen-bond acceptors (Lipinski definition) is 8. The highest BCUT2D eigenvalue weighted by atomic mass is 15.5. The average Bonchev–Trinajstić information content (AvgIpc) is 3.24. The molecule has 1 unspecified atom stereocenters. The maximum absolute atomic E-state index is 9.31. The largest absolute Gasteiger partial charge is 0.383 e. The number of pyridine rings is 3. The minimum atomic E-state index is -0.202. The Morgan fingerprint density at radius 1 is 1.25 bits per heavy atom. The summed E-state index contributed by atoms with van der Waals surface area (Å²) in [7, 11) is 0. The lowest BCUT2D eigenvalue weighted by Crippen LogP contribution is -2.33. The van der Waals surface area contributed by atoms with Gasteiger partial charge in [0.1, 0.15) is 17.7 Å². The third kappa shape index (κ3) is 3.30. The number of fused-ring (bicyclic) bond motifs is 2. The molecule has 0 saturated heterocycles. The predicted molar refractivity (Wildman–Crippen MR) is 124 cm³/mol. The van der Waals surface area contributed by atoms with Gasteiger partial charge in [0.15, 0.2) is 0 Å². The molecule has 5 heterocycles. The van der Waals surface area contributed by atoms with Gasteiger partial charge in [-0.15, -0.1) is 0 Å². The number of aromatic nitrogens is 3. The number of hydrogen-bond donors (Lipinski definition) is 2. The van der Waals surface area contributed by atoms with Crippen molar-refractivity contribution in [1.82, 2.24) is 24.9 Å². The lowest BCUT2D eigenvalue weighted by molar-refractivity contribution is 0.356. The Labute approximate surface area is 186 Å². The standard InChI is InChI=1S/C24H22N8/c1-15-5-7-27-13-18(15)20-10-17-11-23(28-14-19(17)24(26)29-20)30-32-8-3-4-21-22(32)6-9-31(21)16(2)12-25/h3-8,10-11,13-14,16H,9H2,1-2H3,(H2,26,29)(H,28,30). The number of nitrogens with one attached hydrogen (secondary N) is 1. The molecule has 158 valence electrons. The van der Waals surface area contributed by atoms with Crippen molar-refractivity contribution in [1.29, 1.82) is 5.26 Å². The highest BCUT2D eigenvalue weighted by Crippen LogP contribution is 2.32. The van der Waals surface area contributed by atoms with Gasteiger partial charge >= 0.3 is 0 Å². The fourth-order valence-corrected chi connectivity index (χ4v) is 4.00. The first kappa shape index (κ1) is 19.6. The number of nitrogen functional groups attached to an aromatic ring is 1. The molecule has 0 amide bonds. The van der Waals surface area contributed by atoms with Crippen LogP contribution in [-0.2, 0) is 0 Å². The number of nitrogens with zero attached hydrogens (tertiary/aromatic N) is 6. The fraction of sp³-hybridized carbons (Fsp3) is 0.167. The van der Waals surface area contributed by atoms with Gasteiger partial charge in [0.05, 0.1) is 23.2 Å². The molecule has 1 atom stereocenters. The van der Waals surface area contributed by atoms with Crippen LogP contribution in [0.25, 0.3) is 22.0 Å². The summed E-state index contributed by atoms with van der Waals surface area (Å²) in [6, 6.07) is 8.02. The molecule has 2 aliphatic rings. The smallest absolute Gasteiger partial charge is 0.145 e. The highest BCUT2D eigenvalue weighted by Gasteiger charge is 2.28. The zero-order valence-corrected chi connectivity index (χ0v) is 17.8. The molecule has 0 bridgehead atoms. The third-order valence-corrected chi connectivity index (χ3v) is 5.75. The second-order valence-electron chi connectivity index (χ2n) is 7.80. The maximum Gasteiger partial charge on any atom is 0.145 e. The molecule has 8 heteroatoms. The number of aryl methyl sites for hydroxylation is 1. The average molecular weight is 422 g/mol. The van der Waals surface area contributed by atoms with Gasteiger partial charge in [0.25, 0.3) is 0 Å². The number of nitriles is 1. The van der Waals surface area contributed by atoms with Crippen LogP contribution in [0.4, 0.5) is 11.6 Å². The van der Waals surface area contributed by atoms with Gasteiger partial charge < -0.3 is 10.6 Å².